The number of aromatic nitrogens is 2. The van der Waals surface area contributed by atoms with Crippen molar-refractivity contribution >= 4 is 5.82 Å². The van der Waals surface area contributed by atoms with Crippen molar-refractivity contribution in [3.05, 3.63) is 18.1 Å². The summed E-state index contributed by atoms with van der Waals surface area (Å²) in [6.45, 7) is 3.90. The van der Waals surface area contributed by atoms with Crippen LogP contribution in [-0.4, -0.2) is 29.1 Å². The van der Waals surface area contributed by atoms with Crippen LogP contribution in [0.15, 0.2) is 12.4 Å². The van der Waals surface area contributed by atoms with Crippen molar-refractivity contribution in [2.24, 2.45) is 0 Å². The van der Waals surface area contributed by atoms with Gasteiger partial charge >= 0.3 is 0 Å². The van der Waals surface area contributed by atoms with Crippen LogP contribution in [-0.2, 0) is 0 Å². The molecule has 0 amide bonds. The van der Waals surface area contributed by atoms with Gasteiger partial charge in [-0.05, 0) is 19.8 Å². The van der Waals surface area contributed by atoms with Gasteiger partial charge in [0, 0.05) is 30.9 Å². The van der Waals surface area contributed by atoms with Crippen LogP contribution in [0.5, 0.6) is 0 Å². The Balaban J connectivity index is 1.68. The summed E-state index contributed by atoms with van der Waals surface area (Å²) in [4.78, 5) is 8.16. The maximum Gasteiger partial charge on any atom is 0.129 e. The van der Waals surface area contributed by atoms with Crippen LogP contribution in [0, 0.1) is 6.92 Å². The lowest BCUT2D eigenvalue weighted by molar-refractivity contribution is 0.700. The van der Waals surface area contributed by atoms with E-state index in [1.807, 2.05) is 13.0 Å². The molecule has 1 aliphatic carbocycles. The molecule has 0 radical (unpaired) electrons. The van der Waals surface area contributed by atoms with E-state index in [4.69, 9.17) is 0 Å². The van der Waals surface area contributed by atoms with Gasteiger partial charge in [0.05, 0.1) is 0 Å². The van der Waals surface area contributed by atoms with E-state index >= 15 is 0 Å². The van der Waals surface area contributed by atoms with Gasteiger partial charge < -0.3 is 10.6 Å². The van der Waals surface area contributed by atoms with E-state index in [1.165, 1.54) is 12.8 Å². The summed E-state index contributed by atoms with van der Waals surface area (Å²) in [5, 5.41) is 6.69. The molecule has 0 bridgehead atoms. The molecule has 1 saturated carbocycles. The van der Waals surface area contributed by atoms with Gasteiger partial charge in [-0.25, -0.2) is 9.97 Å². The predicted octanol–water partition coefficient (Wildman–Crippen LogP) is 0.949. The molecule has 1 aromatic rings. The van der Waals surface area contributed by atoms with Gasteiger partial charge in [0.15, 0.2) is 0 Å². The van der Waals surface area contributed by atoms with E-state index in [-0.39, 0.29) is 0 Å². The highest BCUT2D eigenvalue weighted by Gasteiger charge is 2.19. The zero-order valence-electron chi connectivity index (χ0n) is 8.45. The number of anilines is 1. The first-order chi connectivity index (χ1) is 6.84. The Morgan fingerprint density at radius 3 is 2.93 bits per heavy atom. The highest BCUT2D eigenvalue weighted by Crippen LogP contribution is 2.17. The van der Waals surface area contributed by atoms with Crippen LogP contribution in [0.25, 0.3) is 0 Å². The lowest BCUT2D eigenvalue weighted by Gasteiger charge is -2.06. The summed E-state index contributed by atoms with van der Waals surface area (Å²) in [6.07, 6.45) is 4.27. The van der Waals surface area contributed by atoms with E-state index in [1.54, 1.807) is 6.33 Å². The van der Waals surface area contributed by atoms with Crippen molar-refractivity contribution in [1.29, 1.82) is 0 Å². The number of nitrogens with zero attached hydrogens (tertiary/aromatic N) is 2. The molecule has 2 rings (SSSR count). The predicted molar refractivity (Wildman–Crippen MR) is 56.3 cm³/mol. The van der Waals surface area contributed by atoms with Crippen LogP contribution in [0.4, 0.5) is 5.82 Å². The molecule has 0 atom stereocenters. The molecule has 0 aliphatic heterocycles. The molecule has 1 aliphatic rings. The summed E-state index contributed by atoms with van der Waals surface area (Å²) >= 11 is 0. The third-order valence-corrected chi connectivity index (χ3v) is 2.25. The molecule has 0 spiro atoms. The minimum Gasteiger partial charge on any atom is -0.369 e. The monoisotopic (exact) mass is 192 g/mol. The van der Waals surface area contributed by atoms with Gasteiger partial charge in [-0.15, -0.1) is 0 Å². The highest BCUT2D eigenvalue weighted by molar-refractivity contribution is 5.34. The molecule has 14 heavy (non-hydrogen) atoms. The van der Waals surface area contributed by atoms with Crippen molar-refractivity contribution in [1.82, 2.24) is 15.3 Å². The summed E-state index contributed by atoms with van der Waals surface area (Å²) in [5.41, 5.74) is 0.998. The molecule has 0 unspecified atom stereocenters. The molecule has 4 nitrogen and oxygen atoms in total. The molecule has 0 aromatic carbocycles. The molecule has 1 aromatic heterocycles. The first-order valence-corrected chi connectivity index (χ1v) is 5.10. The molecule has 4 heteroatoms. The molecule has 0 saturated heterocycles. The van der Waals surface area contributed by atoms with E-state index < -0.39 is 0 Å². The zero-order valence-corrected chi connectivity index (χ0v) is 8.45. The fourth-order valence-corrected chi connectivity index (χ4v) is 1.31. The van der Waals surface area contributed by atoms with Crippen LogP contribution >= 0.6 is 0 Å². The third-order valence-electron chi connectivity index (χ3n) is 2.25. The summed E-state index contributed by atoms with van der Waals surface area (Å²) in [7, 11) is 0. The average Bonchev–Trinajstić information content (AvgIpc) is 2.96. The summed E-state index contributed by atoms with van der Waals surface area (Å²) in [6, 6.07) is 2.74. The lowest BCUT2D eigenvalue weighted by atomic mass is 10.4. The van der Waals surface area contributed by atoms with Crippen LogP contribution < -0.4 is 10.6 Å². The third kappa shape index (κ3) is 2.96. The molecular formula is C10H16N4. The standard InChI is InChI=1S/C10H16N4/c1-8-6-10(14-7-13-8)12-5-4-11-9-2-3-9/h6-7,9,11H,2-5H2,1H3,(H,12,13,14). The SMILES string of the molecule is Cc1cc(NCCNC2CC2)ncn1. The normalized spacial score (nSPS) is 15.5. The van der Waals surface area contributed by atoms with Crippen molar-refractivity contribution in [3.63, 3.8) is 0 Å². The average molecular weight is 192 g/mol. The number of hydrogen-bond acceptors (Lipinski definition) is 4. The second-order valence-electron chi connectivity index (χ2n) is 3.70. The quantitative estimate of drug-likeness (QED) is 0.682. The number of rotatable bonds is 5. The fraction of sp³-hybridized carbons (Fsp3) is 0.600. The summed E-state index contributed by atoms with van der Waals surface area (Å²) < 4.78 is 0. The van der Waals surface area contributed by atoms with Crippen molar-refractivity contribution in [2.75, 3.05) is 18.4 Å². The van der Waals surface area contributed by atoms with Crippen LogP contribution in [0.1, 0.15) is 18.5 Å². The van der Waals surface area contributed by atoms with Gasteiger partial charge in [-0.2, -0.15) is 0 Å². The van der Waals surface area contributed by atoms with E-state index in [9.17, 15) is 0 Å². The second kappa shape index (κ2) is 4.37. The zero-order chi connectivity index (χ0) is 9.80. The first kappa shape index (κ1) is 9.40. The van der Waals surface area contributed by atoms with E-state index in [0.717, 1.165) is 30.6 Å². The Bertz CT molecular complexity index is 296. The van der Waals surface area contributed by atoms with Gasteiger partial charge in [0.25, 0.3) is 0 Å². The van der Waals surface area contributed by atoms with Crippen molar-refractivity contribution in [3.8, 4) is 0 Å². The van der Waals surface area contributed by atoms with Crippen molar-refractivity contribution in [2.45, 2.75) is 25.8 Å². The maximum atomic E-state index is 4.12. The Morgan fingerprint density at radius 2 is 2.21 bits per heavy atom. The number of hydrogen-bond donors (Lipinski definition) is 2. The Kier molecular flexibility index (Phi) is 2.93. The topological polar surface area (TPSA) is 49.8 Å². The summed E-state index contributed by atoms with van der Waals surface area (Å²) in [5.74, 6) is 0.912. The molecule has 1 heterocycles. The van der Waals surface area contributed by atoms with Gasteiger partial charge in [0.2, 0.25) is 0 Å². The minimum absolute atomic E-state index is 0.781. The van der Waals surface area contributed by atoms with Crippen LogP contribution in [0.2, 0.25) is 0 Å². The van der Waals surface area contributed by atoms with Gasteiger partial charge in [0.1, 0.15) is 12.1 Å². The number of nitrogens with one attached hydrogen (secondary N) is 2. The molecule has 2 N–H and O–H groups in total. The molecular weight excluding hydrogens is 176 g/mol. The minimum atomic E-state index is 0.781. The lowest BCUT2D eigenvalue weighted by Crippen LogP contribution is -2.24. The second-order valence-corrected chi connectivity index (χ2v) is 3.70. The highest BCUT2D eigenvalue weighted by atomic mass is 15.0. The maximum absolute atomic E-state index is 4.12. The molecule has 1 fully saturated rings. The fourth-order valence-electron chi connectivity index (χ4n) is 1.31. The Hall–Kier alpha value is -1.16. The largest absolute Gasteiger partial charge is 0.369 e. The first-order valence-electron chi connectivity index (χ1n) is 5.10. The Morgan fingerprint density at radius 1 is 1.36 bits per heavy atom. The van der Waals surface area contributed by atoms with Crippen molar-refractivity contribution < 1.29 is 0 Å². The van der Waals surface area contributed by atoms with E-state index in [0.29, 0.717) is 0 Å². The van der Waals surface area contributed by atoms with Gasteiger partial charge in [-0.3, -0.25) is 0 Å². The smallest absolute Gasteiger partial charge is 0.129 e. The van der Waals surface area contributed by atoms with Gasteiger partial charge in [-0.1, -0.05) is 0 Å². The Labute approximate surface area is 84.2 Å². The number of aryl methyl sites for hydroxylation is 1. The van der Waals surface area contributed by atoms with E-state index in [2.05, 4.69) is 20.6 Å². The van der Waals surface area contributed by atoms with Crippen LogP contribution in [0.3, 0.4) is 0 Å². The molecule has 76 valence electrons.